The highest BCUT2D eigenvalue weighted by molar-refractivity contribution is 5.78. The van der Waals surface area contributed by atoms with Crippen LogP contribution in [0.1, 0.15) is 22.9 Å². The summed E-state index contributed by atoms with van der Waals surface area (Å²) in [5.74, 6) is 0.422. The van der Waals surface area contributed by atoms with E-state index in [1.807, 2.05) is 18.2 Å². The summed E-state index contributed by atoms with van der Waals surface area (Å²) in [6.45, 7) is 2.07. The van der Waals surface area contributed by atoms with Crippen LogP contribution in [0.3, 0.4) is 0 Å². The van der Waals surface area contributed by atoms with Crippen molar-refractivity contribution in [3.05, 3.63) is 71.2 Å². The lowest BCUT2D eigenvalue weighted by Crippen LogP contribution is -2.13. The number of nitrogens with two attached hydrogens (primary N) is 1. The Balaban J connectivity index is 1.89. The van der Waals surface area contributed by atoms with Gasteiger partial charge in [-0.25, -0.2) is 4.39 Å². The lowest BCUT2D eigenvalue weighted by Gasteiger charge is -2.10. The predicted molar refractivity (Wildman–Crippen MR) is 78.0 cm³/mol. The van der Waals surface area contributed by atoms with E-state index in [0.29, 0.717) is 17.8 Å². The SMILES string of the molecule is Cc1ccccc1CC(N)c1cc2cc(F)ccc2o1. The molecule has 3 rings (SSSR count). The Bertz CT molecular complexity index is 748. The van der Waals surface area contributed by atoms with E-state index in [1.165, 1.54) is 23.3 Å². The molecule has 0 bridgehead atoms. The van der Waals surface area contributed by atoms with E-state index in [9.17, 15) is 4.39 Å². The molecule has 0 radical (unpaired) electrons. The van der Waals surface area contributed by atoms with Crippen molar-refractivity contribution in [3.8, 4) is 0 Å². The van der Waals surface area contributed by atoms with Crippen molar-refractivity contribution < 1.29 is 8.81 Å². The van der Waals surface area contributed by atoms with Crippen molar-refractivity contribution >= 4 is 11.0 Å². The summed E-state index contributed by atoms with van der Waals surface area (Å²) in [5, 5.41) is 0.750. The summed E-state index contributed by atoms with van der Waals surface area (Å²) in [6.07, 6.45) is 0.703. The van der Waals surface area contributed by atoms with Crippen molar-refractivity contribution in [2.24, 2.45) is 5.73 Å². The van der Waals surface area contributed by atoms with Gasteiger partial charge in [-0.1, -0.05) is 24.3 Å². The molecule has 2 N–H and O–H groups in total. The maximum absolute atomic E-state index is 13.2. The molecule has 1 aromatic heterocycles. The van der Waals surface area contributed by atoms with Crippen molar-refractivity contribution in [3.63, 3.8) is 0 Å². The first-order valence-corrected chi connectivity index (χ1v) is 6.62. The quantitative estimate of drug-likeness (QED) is 0.776. The van der Waals surface area contributed by atoms with Gasteiger partial charge in [0.05, 0.1) is 6.04 Å². The van der Waals surface area contributed by atoms with E-state index >= 15 is 0 Å². The molecule has 20 heavy (non-hydrogen) atoms. The van der Waals surface area contributed by atoms with Crippen LogP contribution < -0.4 is 5.73 Å². The molecule has 0 aliphatic heterocycles. The van der Waals surface area contributed by atoms with Crippen LogP contribution in [0.15, 0.2) is 52.9 Å². The average molecular weight is 269 g/mol. The molecule has 0 saturated carbocycles. The number of hydrogen-bond donors (Lipinski definition) is 1. The normalized spacial score (nSPS) is 12.8. The standard InChI is InChI=1S/C17H16FNO/c1-11-4-2-3-5-12(11)9-15(19)17-10-13-8-14(18)6-7-16(13)20-17/h2-8,10,15H,9,19H2,1H3. The average Bonchev–Trinajstić information content (AvgIpc) is 2.84. The third-order valence-corrected chi connectivity index (χ3v) is 3.56. The Hall–Kier alpha value is -2.13. The molecule has 0 aliphatic rings. The third kappa shape index (κ3) is 2.45. The number of halogens is 1. The van der Waals surface area contributed by atoms with Gasteiger partial charge in [-0.15, -0.1) is 0 Å². The van der Waals surface area contributed by atoms with Gasteiger partial charge in [0.2, 0.25) is 0 Å². The van der Waals surface area contributed by atoms with Gasteiger partial charge < -0.3 is 10.2 Å². The molecule has 0 aliphatic carbocycles. The Morgan fingerprint density at radius 1 is 1.15 bits per heavy atom. The van der Waals surface area contributed by atoms with Crippen LogP contribution in [0.4, 0.5) is 4.39 Å². The fourth-order valence-corrected chi connectivity index (χ4v) is 2.39. The molecule has 1 atom stereocenters. The smallest absolute Gasteiger partial charge is 0.134 e. The van der Waals surface area contributed by atoms with Crippen LogP contribution in [0.5, 0.6) is 0 Å². The second-order valence-corrected chi connectivity index (χ2v) is 5.07. The zero-order chi connectivity index (χ0) is 14.1. The fourth-order valence-electron chi connectivity index (χ4n) is 2.39. The first-order valence-electron chi connectivity index (χ1n) is 6.62. The summed E-state index contributed by atoms with van der Waals surface area (Å²) >= 11 is 0. The zero-order valence-corrected chi connectivity index (χ0v) is 11.3. The van der Waals surface area contributed by atoms with Crippen molar-refractivity contribution in [2.75, 3.05) is 0 Å². The highest BCUT2D eigenvalue weighted by Crippen LogP contribution is 2.26. The Morgan fingerprint density at radius 3 is 2.75 bits per heavy atom. The highest BCUT2D eigenvalue weighted by atomic mass is 19.1. The number of rotatable bonds is 3. The van der Waals surface area contributed by atoms with Gasteiger partial charge in [0.25, 0.3) is 0 Å². The summed E-state index contributed by atoms with van der Waals surface area (Å²) in [4.78, 5) is 0. The minimum atomic E-state index is -0.266. The third-order valence-electron chi connectivity index (χ3n) is 3.56. The topological polar surface area (TPSA) is 39.2 Å². The molecule has 0 fully saturated rings. The monoisotopic (exact) mass is 269 g/mol. The summed E-state index contributed by atoms with van der Waals surface area (Å²) in [7, 11) is 0. The summed E-state index contributed by atoms with van der Waals surface area (Å²) in [5.41, 5.74) is 9.29. The maximum Gasteiger partial charge on any atom is 0.134 e. The van der Waals surface area contributed by atoms with Crippen molar-refractivity contribution in [2.45, 2.75) is 19.4 Å². The second-order valence-electron chi connectivity index (χ2n) is 5.07. The van der Waals surface area contributed by atoms with Crippen molar-refractivity contribution in [1.29, 1.82) is 0 Å². The molecule has 3 heteroatoms. The Labute approximate surface area is 117 Å². The van der Waals surface area contributed by atoms with E-state index in [4.69, 9.17) is 10.2 Å². The van der Waals surface area contributed by atoms with Gasteiger partial charge in [0.1, 0.15) is 17.2 Å². The molecule has 2 nitrogen and oxygen atoms in total. The fraction of sp³-hybridized carbons (Fsp3) is 0.176. The summed E-state index contributed by atoms with van der Waals surface area (Å²) < 4.78 is 18.9. The number of furan rings is 1. The largest absolute Gasteiger partial charge is 0.459 e. The number of fused-ring (bicyclic) bond motifs is 1. The van der Waals surface area contributed by atoms with Crippen LogP contribution in [-0.4, -0.2) is 0 Å². The second kappa shape index (κ2) is 5.10. The molecule has 2 aromatic carbocycles. The van der Waals surface area contributed by atoms with Gasteiger partial charge in [-0.3, -0.25) is 0 Å². The van der Waals surface area contributed by atoms with Gasteiger partial charge in [0, 0.05) is 5.39 Å². The Morgan fingerprint density at radius 2 is 1.95 bits per heavy atom. The number of aryl methyl sites for hydroxylation is 1. The molecule has 0 spiro atoms. The molecular weight excluding hydrogens is 253 g/mol. The highest BCUT2D eigenvalue weighted by Gasteiger charge is 2.14. The van der Waals surface area contributed by atoms with Gasteiger partial charge in [0.15, 0.2) is 0 Å². The molecule has 3 aromatic rings. The zero-order valence-electron chi connectivity index (χ0n) is 11.3. The van der Waals surface area contributed by atoms with Crippen LogP contribution in [-0.2, 0) is 6.42 Å². The molecule has 1 unspecified atom stereocenters. The van der Waals surface area contributed by atoms with Crippen molar-refractivity contribution in [1.82, 2.24) is 0 Å². The van der Waals surface area contributed by atoms with E-state index < -0.39 is 0 Å². The van der Waals surface area contributed by atoms with E-state index in [-0.39, 0.29) is 11.9 Å². The van der Waals surface area contributed by atoms with E-state index in [0.717, 1.165) is 5.39 Å². The van der Waals surface area contributed by atoms with Gasteiger partial charge in [-0.05, 0) is 48.7 Å². The lowest BCUT2D eigenvalue weighted by atomic mass is 10.0. The molecule has 102 valence electrons. The van der Waals surface area contributed by atoms with Gasteiger partial charge >= 0.3 is 0 Å². The molecule has 0 amide bonds. The van der Waals surface area contributed by atoms with E-state index in [1.54, 1.807) is 6.07 Å². The summed E-state index contributed by atoms with van der Waals surface area (Å²) in [6, 6.07) is 14.2. The minimum Gasteiger partial charge on any atom is -0.459 e. The van der Waals surface area contributed by atoms with Gasteiger partial charge in [-0.2, -0.15) is 0 Å². The van der Waals surface area contributed by atoms with E-state index in [2.05, 4.69) is 19.1 Å². The minimum absolute atomic E-state index is 0.230. The van der Waals surface area contributed by atoms with Crippen LogP contribution in [0, 0.1) is 12.7 Å². The first kappa shape index (κ1) is 12.9. The number of hydrogen-bond acceptors (Lipinski definition) is 2. The van der Waals surface area contributed by atoms with Crippen LogP contribution in [0.25, 0.3) is 11.0 Å². The lowest BCUT2D eigenvalue weighted by molar-refractivity contribution is 0.493. The first-order chi connectivity index (χ1) is 9.63. The number of benzene rings is 2. The van der Waals surface area contributed by atoms with Crippen LogP contribution >= 0.6 is 0 Å². The molecular formula is C17H16FNO. The predicted octanol–water partition coefficient (Wildman–Crippen LogP) is 4.12. The molecule has 1 heterocycles. The molecule has 0 saturated heterocycles. The maximum atomic E-state index is 13.2. The van der Waals surface area contributed by atoms with Crippen LogP contribution in [0.2, 0.25) is 0 Å². The Kier molecular flexibility index (Phi) is 3.28.